The Kier molecular flexibility index (Phi) is 8.91. The van der Waals surface area contributed by atoms with Crippen LogP contribution in [0.5, 0.6) is 0 Å². The van der Waals surface area contributed by atoms with Crippen LogP contribution in [0.15, 0.2) is 17.2 Å². The van der Waals surface area contributed by atoms with Crippen LogP contribution in [-0.4, -0.2) is 53.6 Å². The van der Waals surface area contributed by atoms with Gasteiger partial charge in [0, 0.05) is 45.2 Å². The fourth-order valence-electron chi connectivity index (χ4n) is 4.77. The van der Waals surface area contributed by atoms with Gasteiger partial charge in [-0.3, -0.25) is 14.4 Å². The van der Waals surface area contributed by atoms with E-state index in [1.54, 1.807) is 28.9 Å². The molecule has 0 radical (unpaired) electrons. The van der Waals surface area contributed by atoms with Crippen molar-refractivity contribution in [1.29, 1.82) is 0 Å². The molecular formula is C25H39N3O4. The molecule has 2 fully saturated rings. The molecule has 1 aliphatic heterocycles. The van der Waals surface area contributed by atoms with E-state index in [0.29, 0.717) is 13.1 Å². The molecule has 3 rings (SSSR count). The topological polar surface area (TPSA) is 80.6 Å². The lowest BCUT2D eigenvalue weighted by molar-refractivity contribution is 0.0774. The zero-order chi connectivity index (χ0) is 23.1. The number of ether oxygens (including phenoxy) is 1. The highest BCUT2D eigenvalue weighted by molar-refractivity contribution is 5.99. The molecular weight excluding hydrogens is 406 g/mol. The van der Waals surface area contributed by atoms with Crippen LogP contribution in [0.4, 0.5) is 0 Å². The average molecular weight is 446 g/mol. The molecule has 1 atom stereocenters. The van der Waals surface area contributed by atoms with Crippen molar-refractivity contribution in [1.82, 2.24) is 14.8 Å². The molecule has 0 spiro atoms. The van der Waals surface area contributed by atoms with Gasteiger partial charge in [0.05, 0.1) is 6.10 Å². The zero-order valence-corrected chi connectivity index (χ0v) is 19.9. The quantitative estimate of drug-likeness (QED) is 0.695. The van der Waals surface area contributed by atoms with Gasteiger partial charge in [-0.25, -0.2) is 0 Å². The number of amides is 2. The monoisotopic (exact) mass is 445 g/mol. The minimum atomic E-state index is -0.488. The molecule has 0 unspecified atom stereocenters. The minimum Gasteiger partial charge on any atom is -0.376 e. The van der Waals surface area contributed by atoms with Gasteiger partial charge in [0.25, 0.3) is 11.8 Å². The van der Waals surface area contributed by atoms with Crippen LogP contribution in [-0.2, 0) is 11.3 Å². The number of carbonyl (C=O) groups excluding carboxylic acids is 2. The number of nitrogens with one attached hydrogen (secondary N) is 1. The summed E-state index contributed by atoms with van der Waals surface area (Å²) in [5.74, 6) is -0.433. The maximum atomic E-state index is 13.2. The first-order valence-corrected chi connectivity index (χ1v) is 12.3. The predicted octanol–water partition coefficient (Wildman–Crippen LogP) is 3.60. The summed E-state index contributed by atoms with van der Waals surface area (Å²) in [5, 5.41) is 3.08. The summed E-state index contributed by atoms with van der Waals surface area (Å²) in [7, 11) is 1.70. The second-order valence-electron chi connectivity index (χ2n) is 9.84. The molecule has 0 bridgehead atoms. The number of carbonyl (C=O) groups is 2. The molecule has 1 aromatic heterocycles. The van der Waals surface area contributed by atoms with Crippen LogP contribution in [0.3, 0.4) is 0 Å². The number of hydrogen-bond donors (Lipinski definition) is 1. The summed E-state index contributed by atoms with van der Waals surface area (Å²) < 4.78 is 7.53. The molecule has 1 aliphatic carbocycles. The van der Waals surface area contributed by atoms with Crippen molar-refractivity contribution in [3.63, 3.8) is 0 Å². The first-order valence-electron chi connectivity index (χ1n) is 12.3. The molecule has 32 heavy (non-hydrogen) atoms. The highest BCUT2D eigenvalue weighted by Gasteiger charge is 2.25. The van der Waals surface area contributed by atoms with Gasteiger partial charge in [-0.2, -0.15) is 0 Å². The second-order valence-corrected chi connectivity index (χ2v) is 9.84. The van der Waals surface area contributed by atoms with E-state index >= 15 is 0 Å². The fraction of sp³-hybridized carbons (Fsp3) is 0.720. The largest absolute Gasteiger partial charge is 0.376 e. The van der Waals surface area contributed by atoms with E-state index in [9.17, 15) is 14.4 Å². The van der Waals surface area contributed by atoms with Crippen molar-refractivity contribution in [3.8, 4) is 0 Å². The summed E-state index contributed by atoms with van der Waals surface area (Å²) in [6.07, 6.45) is 12.8. The number of hydrogen-bond acceptors (Lipinski definition) is 4. The van der Waals surface area contributed by atoms with Crippen LogP contribution in [0.25, 0.3) is 0 Å². The third-order valence-electron chi connectivity index (χ3n) is 6.42. The summed E-state index contributed by atoms with van der Waals surface area (Å²) in [5.41, 5.74) is -0.386. The van der Waals surface area contributed by atoms with E-state index < -0.39 is 5.43 Å². The smallest absolute Gasteiger partial charge is 0.259 e. The van der Waals surface area contributed by atoms with Gasteiger partial charge in [-0.05, 0) is 31.6 Å². The van der Waals surface area contributed by atoms with Crippen molar-refractivity contribution >= 4 is 11.8 Å². The minimum absolute atomic E-state index is 0.0374. The average Bonchev–Trinajstić information content (AvgIpc) is 3.23. The van der Waals surface area contributed by atoms with E-state index in [4.69, 9.17) is 4.74 Å². The van der Waals surface area contributed by atoms with Crippen LogP contribution in [0.1, 0.15) is 92.4 Å². The SMILES string of the molecule is CC(C)CN(C)C(=O)c1cn(C[C@H]2CCCO2)cc(C(=O)NC2CCCCCCC2)c1=O. The van der Waals surface area contributed by atoms with Gasteiger partial charge in [-0.15, -0.1) is 0 Å². The maximum absolute atomic E-state index is 13.2. The lowest BCUT2D eigenvalue weighted by Gasteiger charge is -2.22. The highest BCUT2D eigenvalue weighted by atomic mass is 16.5. The van der Waals surface area contributed by atoms with Crippen LogP contribution in [0, 0.1) is 5.92 Å². The molecule has 7 nitrogen and oxygen atoms in total. The first kappa shape index (κ1) is 24.5. The molecule has 1 saturated heterocycles. The van der Waals surface area contributed by atoms with Gasteiger partial charge < -0.3 is 19.5 Å². The Labute approximate surface area is 191 Å². The van der Waals surface area contributed by atoms with Gasteiger partial charge in [0.15, 0.2) is 0 Å². The van der Waals surface area contributed by atoms with Crippen molar-refractivity contribution in [3.05, 3.63) is 33.7 Å². The number of rotatable bonds is 7. The van der Waals surface area contributed by atoms with Gasteiger partial charge in [-0.1, -0.05) is 46.0 Å². The van der Waals surface area contributed by atoms with Crippen LogP contribution < -0.4 is 10.7 Å². The Morgan fingerprint density at radius 3 is 2.34 bits per heavy atom. The molecule has 178 valence electrons. The third kappa shape index (κ3) is 6.67. The molecule has 2 heterocycles. The maximum Gasteiger partial charge on any atom is 0.259 e. The Morgan fingerprint density at radius 1 is 1.06 bits per heavy atom. The van der Waals surface area contributed by atoms with E-state index in [1.165, 1.54) is 19.3 Å². The molecule has 0 aromatic carbocycles. The Morgan fingerprint density at radius 2 is 1.72 bits per heavy atom. The van der Waals surface area contributed by atoms with E-state index in [0.717, 1.165) is 45.1 Å². The highest BCUT2D eigenvalue weighted by Crippen LogP contribution is 2.18. The third-order valence-corrected chi connectivity index (χ3v) is 6.42. The van der Waals surface area contributed by atoms with Gasteiger partial charge >= 0.3 is 0 Å². The molecule has 2 aliphatic rings. The zero-order valence-electron chi connectivity index (χ0n) is 19.9. The van der Waals surface area contributed by atoms with E-state index in [2.05, 4.69) is 5.32 Å². The summed E-state index contributed by atoms with van der Waals surface area (Å²) >= 11 is 0. The molecule has 1 aromatic rings. The lowest BCUT2D eigenvalue weighted by atomic mass is 9.96. The first-order chi connectivity index (χ1) is 15.3. The molecule has 7 heteroatoms. The van der Waals surface area contributed by atoms with Crippen LogP contribution >= 0.6 is 0 Å². The summed E-state index contributed by atoms with van der Waals surface area (Å²) in [4.78, 5) is 41.1. The number of pyridine rings is 1. The number of aromatic nitrogens is 1. The van der Waals surface area contributed by atoms with Crippen molar-refractivity contribution in [2.75, 3.05) is 20.2 Å². The Hall–Kier alpha value is -2.15. The van der Waals surface area contributed by atoms with Gasteiger partial charge in [0.1, 0.15) is 11.1 Å². The fourth-order valence-corrected chi connectivity index (χ4v) is 4.77. The number of nitrogens with zero attached hydrogens (tertiary/aromatic N) is 2. The van der Waals surface area contributed by atoms with E-state index in [1.807, 2.05) is 13.8 Å². The Bertz CT molecular complexity index is 834. The van der Waals surface area contributed by atoms with Gasteiger partial charge in [0.2, 0.25) is 5.43 Å². The van der Waals surface area contributed by atoms with E-state index in [-0.39, 0.29) is 41.0 Å². The lowest BCUT2D eigenvalue weighted by Crippen LogP contribution is -2.40. The molecule has 2 amide bonds. The summed E-state index contributed by atoms with van der Waals surface area (Å²) in [6, 6.07) is 0.0804. The predicted molar refractivity (Wildman–Crippen MR) is 125 cm³/mol. The van der Waals surface area contributed by atoms with Crippen molar-refractivity contribution in [2.45, 2.75) is 90.3 Å². The van der Waals surface area contributed by atoms with Crippen LogP contribution in [0.2, 0.25) is 0 Å². The second kappa shape index (κ2) is 11.6. The summed E-state index contributed by atoms with van der Waals surface area (Å²) in [6.45, 7) is 5.85. The van der Waals surface area contributed by atoms with Crippen molar-refractivity contribution in [2.24, 2.45) is 5.92 Å². The standard InChI is InChI=1S/C25H39N3O4/c1-18(2)14-27(3)25(31)22-17-28(15-20-12-9-13-32-20)16-21(23(22)29)24(30)26-19-10-7-5-4-6-8-11-19/h16-20H,4-15H2,1-3H3,(H,26,30)/t20-/m1/s1. The Balaban J connectivity index is 1.87. The molecule has 1 saturated carbocycles. The molecule has 1 N–H and O–H groups in total. The normalized spacial score (nSPS) is 20.1. The van der Waals surface area contributed by atoms with Crippen molar-refractivity contribution < 1.29 is 14.3 Å².